The molecule has 0 radical (unpaired) electrons. The zero-order chi connectivity index (χ0) is 11.8. The minimum Gasteiger partial charge on any atom is -0.396 e. The minimum atomic E-state index is -0.368. The lowest BCUT2D eigenvalue weighted by Gasteiger charge is -2.16. The summed E-state index contributed by atoms with van der Waals surface area (Å²) in [7, 11) is 0. The lowest BCUT2D eigenvalue weighted by atomic mass is 10.1. The van der Waals surface area contributed by atoms with Crippen LogP contribution in [-0.2, 0) is 4.79 Å². The Morgan fingerprint density at radius 2 is 1.94 bits per heavy atom. The first-order valence-corrected chi connectivity index (χ1v) is 5.34. The summed E-state index contributed by atoms with van der Waals surface area (Å²) in [5.74, 6) is -0.156. The zero-order valence-electron chi connectivity index (χ0n) is 9.10. The standard InChI is InChI=1S/C12H17NO3/c14-8-4-7-12(16)13-11(9-15)10-5-2-1-3-6-10/h1-3,5-6,11,14-15H,4,7-9H2,(H,13,16)/t11-/m1/s1. The molecule has 0 unspecified atom stereocenters. The van der Waals surface area contributed by atoms with Crippen LogP contribution in [0.3, 0.4) is 0 Å². The molecule has 0 aliphatic heterocycles. The van der Waals surface area contributed by atoms with Gasteiger partial charge >= 0.3 is 0 Å². The largest absolute Gasteiger partial charge is 0.396 e. The van der Waals surface area contributed by atoms with Gasteiger partial charge in [0.25, 0.3) is 0 Å². The van der Waals surface area contributed by atoms with Crippen molar-refractivity contribution in [1.82, 2.24) is 5.32 Å². The Morgan fingerprint density at radius 3 is 2.50 bits per heavy atom. The molecule has 0 aliphatic rings. The van der Waals surface area contributed by atoms with Crippen molar-refractivity contribution in [2.45, 2.75) is 18.9 Å². The van der Waals surface area contributed by atoms with E-state index in [-0.39, 0.29) is 31.6 Å². The van der Waals surface area contributed by atoms with Crippen molar-refractivity contribution < 1.29 is 15.0 Å². The Kier molecular flexibility index (Phi) is 5.53. The summed E-state index contributed by atoms with van der Waals surface area (Å²) in [6.45, 7) is -0.128. The molecule has 0 heterocycles. The molecular formula is C12H17NO3. The summed E-state index contributed by atoms with van der Waals surface area (Å²) < 4.78 is 0. The van der Waals surface area contributed by atoms with Crippen LogP contribution in [0.15, 0.2) is 30.3 Å². The average Bonchev–Trinajstić information content (AvgIpc) is 2.34. The molecule has 0 fully saturated rings. The first-order chi connectivity index (χ1) is 7.77. The van der Waals surface area contributed by atoms with Gasteiger partial charge in [-0.05, 0) is 12.0 Å². The number of carbonyl (C=O) groups is 1. The van der Waals surface area contributed by atoms with Crippen molar-refractivity contribution in [3.05, 3.63) is 35.9 Å². The van der Waals surface area contributed by atoms with E-state index in [1.54, 1.807) is 0 Å². The molecule has 1 aromatic rings. The maximum absolute atomic E-state index is 11.4. The van der Waals surface area contributed by atoms with Crippen LogP contribution in [0.25, 0.3) is 0 Å². The molecule has 1 amide bonds. The van der Waals surface area contributed by atoms with Gasteiger partial charge in [-0.2, -0.15) is 0 Å². The maximum Gasteiger partial charge on any atom is 0.220 e. The van der Waals surface area contributed by atoms with Gasteiger partial charge in [0, 0.05) is 13.0 Å². The monoisotopic (exact) mass is 223 g/mol. The molecular weight excluding hydrogens is 206 g/mol. The second-order valence-electron chi connectivity index (χ2n) is 3.54. The van der Waals surface area contributed by atoms with E-state index in [0.717, 1.165) is 5.56 Å². The molecule has 0 saturated heterocycles. The molecule has 4 heteroatoms. The molecule has 88 valence electrons. The third-order valence-electron chi connectivity index (χ3n) is 2.28. The topological polar surface area (TPSA) is 69.6 Å². The number of hydrogen-bond donors (Lipinski definition) is 3. The lowest BCUT2D eigenvalue weighted by molar-refractivity contribution is -0.122. The highest BCUT2D eigenvalue weighted by Gasteiger charge is 2.12. The molecule has 0 bridgehead atoms. The third kappa shape index (κ3) is 4.00. The highest BCUT2D eigenvalue weighted by atomic mass is 16.3. The summed E-state index contributed by atoms with van der Waals surface area (Å²) in [6.07, 6.45) is 0.721. The van der Waals surface area contributed by atoms with E-state index in [1.165, 1.54) is 0 Å². The van der Waals surface area contributed by atoms with Crippen molar-refractivity contribution in [3.63, 3.8) is 0 Å². The van der Waals surface area contributed by atoms with Crippen LogP contribution in [0.5, 0.6) is 0 Å². The summed E-state index contributed by atoms with van der Waals surface area (Å²) in [5, 5.41) is 20.5. The van der Waals surface area contributed by atoms with Gasteiger partial charge in [-0.25, -0.2) is 0 Å². The summed E-state index contributed by atoms with van der Waals surface area (Å²) >= 11 is 0. The van der Waals surface area contributed by atoms with Crippen molar-refractivity contribution in [3.8, 4) is 0 Å². The van der Waals surface area contributed by atoms with Gasteiger partial charge < -0.3 is 15.5 Å². The van der Waals surface area contributed by atoms with Gasteiger partial charge in [-0.3, -0.25) is 4.79 Å². The number of aliphatic hydroxyl groups is 2. The minimum absolute atomic E-state index is 0.00253. The Morgan fingerprint density at radius 1 is 1.25 bits per heavy atom. The van der Waals surface area contributed by atoms with Crippen molar-refractivity contribution >= 4 is 5.91 Å². The van der Waals surface area contributed by atoms with Gasteiger partial charge in [-0.15, -0.1) is 0 Å². The quantitative estimate of drug-likeness (QED) is 0.661. The maximum atomic E-state index is 11.4. The molecule has 4 nitrogen and oxygen atoms in total. The highest BCUT2D eigenvalue weighted by molar-refractivity contribution is 5.76. The van der Waals surface area contributed by atoms with E-state index < -0.39 is 0 Å². The molecule has 0 aromatic heterocycles. The van der Waals surface area contributed by atoms with E-state index in [0.29, 0.717) is 6.42 Å². The predicted molar refractivity (Wildman–Crippen MR) is 60.7 cm³/mol. The van der Waals surface area contributed by atoms with E-state index in [2.05, 4.69) is 5.32 Å². The molecule has 1 atom stereocenters. The first kappa shape index (κ1) is 12.7. The van der Waals surface area contributed by atoms with Crippen LogP contribution >= 0.6 is 0 Å². The summed E-state index contributed by atoms with van der Waals surface area (Å²) in [5.41, 5.74) is 0.877. The lowest BCUT2D eigenvalue weighted by Crippen LogP contribution is -2.30. The van der Waals surface area contributed by atoms with Crippen molar-refractivity contribution in [2.75, 3.05) is 13.2 Å². The average molecular weight is 223 g/mol. The number of hydrogen-bond acceptors (Lipinski definition) is 3. The summed E-state index contributed by atoms with van der Waals surface area (Å²) in [4.78, 5) is 11.4. The number of aliphatic hydroxyl groups excluding tert-OH is 2. The fourth-order valence-corrected chi connectivity index (χ4v) is 1.43. The fourth-order valence-electron chi connectivity index (χ4n) is 1.43. The molecule has 0 spiro atoms. The second-order valence-corrected chi connectivity index (χ2v) is 3.54. The molecule has 1 rings (SSSR count). The van der Waals surface area contributed by atoms with Crippen LogP contribution in [0.1, 0.15) is 24.4 Å². The van der Waals surface area contributed by atoms with Gasteiger partial charge in [0.05, 0.1) is 12.6 Å². The van der Waals surface area contributed by atoms with E-state index in [9.17, 15) is 9.90 Å². The Hall–Kier alpha value is -1.39. The number of carbonyl (C=O) groups excluding carboxylic acids is 1. The molecule has 0 aliphatic carbocycles. The number of rotatable bonds is 6. The van der Waals surface area contributed by atoms with Crippen LogP contribution in [0.4, 0.5) is 0 Å². The van der Waals surface area contributed by atoms with E-state index in [1.807, 2.05) is 30.3 Å². The molecule has 0 saturated carbocycles. The Labute approximate surface area is 94.9 Å². The Bertz CT molecular complexity index is 313. The van der Waals surface area contributed by atoms with Crippen molar-refractivity contribution in [1.29, 1.82) is 0 Å². The smallest absolute Gasteiger partial charge is 0.220 e. The number of nitrogens with one attached hydrogen (secondary N) is 1. The second kappa shape index (κ2) is 6.98. The predicted octanol–water partition coefficient (Wildman–Crippen LogP) is 0.609. The van der Waals surface area contributed by atoms with Gasteiger partial charge in [0.15, 0.2) is 0 Å². The SMILES string of the molecule is O=C(CCCO)N[C@H](CO)c1ccccc1. The number of amides is 1. The highest BCUT2D eigenvalue weighted by Crippen LogP contribution is 2.11. The molecule has 16 heavy (non-hydrogen) atoms. The zero-order valence-corrected chi connectivity index (χ0v) is 9.10. The first-order valence-electron chi connectivity index (χ1n) is 5.34. The molecule has 1 aromatic carbocycles. The van der Waals surface area contributed by atoms with E-state index in [4.69, 9.17) is 5.11 Å². The molecule has 3 N–H and O–H groups in total. The third-order valence-corrected chi connectivity index (χ3v) is 2.28. The number of benzene rings is 1. The van der Waals surface area contributed by atoms with E-state index >= 15 is 0 Å². The van der Waals surface area contributed by atoms with Gasteiger partial charge in [0.2, 0.25) is 5.91 Å². The van der Waals surface area contributed by atoms with Crippen LogP contribution in [0.2, 0.25) is 0 Å². The van der Waals surface area contributed by atoms with Crippen LogP contribution < -0.4 is 5.32 Å². The van der Waals surface area contributed by atoms with Crippen molar-refractivity contribution in [2.24, 2.45) is 0 Å². The van der Waals surface area contributed by atoms with Crippen LogP contribution in [0, 0.1) is 0 Å². The van der Waals surface area contributed by atoms with Gasteiger partial charge in [0.1, 0.15) is 0 Å². The van der Waals surface area contributed by atoms with Crippen LogP contribution in [-0.4, -0.2) is 29.3 Å². The fraction of sp³-hybridized carbons (Fsp3) is 0.417. The normalized spacial score (nSPS) is 12.1. The van der Waals surface area contributed by atoms with Gasteiger partial charge in [-0.1, -0.05) is 30.3 Å². The Balaban J connectivity index is 2.52. The summed E-state index contributed by atoms with van der Waals surface area (Å²) in [6, 6.07) is 8.94.